The van der Waals surface area contributed by atoms with Crippen LogP contribution in [0.3, 0.4) is 0 Å². The number of anilines is 3. The van der Waals surface area contributed by atoms with Gasteiger partial charge in [-0.05, 0) is 30.3 Å². The number of piperazine rings is 1. The Hall–Kier alpha value is -3.30. The third kappa shape index (κ3) is 6.47. The van der Waals surface area contributed by atoms with Crippen molar-refractivity contribution < 1.29 is 19.1 Å². The number of nitrogens with one attached hydrogen (secondary N) is 2. The van der Waals surface area contributed by atoms with E-state index in [1.165, 1.54) is 0 Å². The predicted molar refractivity (Wildman–Crippen MR) is 142 cm³/mol. The number of hydrogen-bond donors (Lipinski definition) is 2. The number of carbonyl (C=O) groups excluding carboxylic acids is 2. The van der Waals surface area contributed by atoms with Gasteiger partial charge in [0, 0.05) is 70.2 Å². The van der Waals surface area contributed by atoms with Gasteiger partial charge in [0.1, 0.15) is 5.75 Å². The number of rotatable bonds is 9. The van der Waals surface area contributed by atoms with Crippen molar-refractivity contribution >= 4 is 28.9 Å². The van der Waals surface area contributed by atoms with Crippen molar-refractivity contribution in [1.82, 2.24) is 10.2 Å². The van der Waals surface area contributed by atoms with Gasteiger partial charge < -0.3 is 29.9 Å². The summed E-state index contributed by atoms with van der Waals surface area (Å²) in [5.41, 5.74) is 3.18. The second kappa shape index (κ2) is 12.6. The molecule has 2 fully saturated rings. The number of hydrogen-bond acceptors (Lipinski definition) is 7. The second-order valence-electron chi connectivity index (χ2n) is 8.99. The molecule has 194 valence electrons. The highest BCUT2D eigenvalue weighted by molar-refractivity contribution is 6.02. The van der Waals surface area contributed by atoms with Crippen LogP contribution < -0.4 is 25.2 Å². The Morgan fingerprint density at radius 3 is 2.33 bits per heavy atom. The molecule has 2 amide bonds. The fourth-order valence-corrected chi connectivity index (χ4v) is 4.65. The first-order chi connectivity index (χ1) is 17.6. The molecule has 4 rings (SSSR count). The molecule has 0 bridgehead atoms. The zero-order chi connectivity index (χ0) is 25.3. The van der Waals surface area contributed by atoms with E-state index in [0.717, 1.165) is 76.2 Å². The molecule has 2 heterocycles. The van der Waals surface area contributed by atoms with E-state index < -0.39 is 0 Å². The molecule has 2 aromatic carbocycles. The van der Waals surface area contributed by atoms with Crippen molar-refractivity contribution in [2.75, 3.05) is 87.8 Å². The molecule has 36 heavy (non-hydrogen) atoms. The molecule has 2 aromatic rings. The van der Waals surface area contributed by atoms with Gasteiger partial charge in [-0.1, -0.05) is 19.1 Å². The molecule has 0 radical (unpaired) electrons. The van der Waals surface area contributed by atoms with Crippen molar-refractivity contribution in [3.8, 4) is 5.75 Å². The Labute approximate surface area is 213 Å². The Kier molecular flexibility index (Phi) is 9.02. The number of amides is 2. The topological polar surface area (TPSA) is 86.4 Å². The van der Waals surface area contributed by atoms with Crippen LogP contribution >= 0.6 is 0 Å². The number of carbonyl (C=O) groups is 2. The van der Waals surface area contributed by atoms with Crippen LogP contribution in [0.15, 0.2) is 42.5 Å². The molecule has 0 atom stereocenters. The summed E-state index contributed by atoms with van der Waals surface area (Å²) >= 11 is 0. The third-order valence-corrected chi connectivity index (χ3v) is 6.71. The molecule has 0 unspecified atom stereocenters. The van der Waals surface area contributed by atoms with Gasteiger partial charge in [-0.3, -0.25) is 14.5 Å². The molecule has 2 saturated heterocycles. The molecule has 0 saturated carbocycles. The lowest BCUT2D eigenvalue weighted by molar-refractivity contribution is -0.115. The van der Waals surface area contributed by atoms with Gasteiger partial charge in [-0.25, -0.2) is 0 Å². The second-order valence-corrected chi connectivity index (χ2v) is 8.99. The van der Waals surface area contributed by atoms with E-state index in [0.29, 0.717) is 24.2 Å². The lowest BCUT2D eigenvalue weighted by atomic mass is 10.1. The van der Waals surface area contributed by atoms with Gasteiger partial charge in [-0.15, -0.1) is 0 Å². The molecular formula is C27H37N5O4. The molecule has 2 N–H and O–H groups in total. The van der Waals surface area contributed by atoms with E-state index in [2.05, 4.69) is 31.4 Å². The summed E-state index contributed by atoms with van der Waals surface area (Å²) in [6.45, 7) is 9.56. The first kappa shape index (κ1) is 25.8. The first-order valence-electron chi connectivity index (χ1n) is 12.7. The fourth-order valence-electron chi connectivity index (χ4n) is 4.65. The summed E-state index contributed by atoms with van der Waals surface area (Å²) in [5.74, 6) is 0.659. The highest BCUT2D eigenvalue weighted by Crippen LogP contribution is 2.31. The maximum Gasteiger partial charge on any atom is 0.253 e. The van der Waals surface area contributed by atoms with E-state index in [1.54, 1.807) is 13.2 Å². The number of ether oxygens (including phenoxy) is 2. The summed E-state index contributed by atoms with van der Waals surface area (Å²) < 4.78 is 10.9. The van der Waals surface area contributed by atoms with Crippen LogP contribution in [-0.4, -0.2) is 89.4 Å². The zero-order valence-corrected chi connectivity index (χ0v) is 21.3. The number of morpholine rings is 1. The molecule has 9 heteroatoms. The summed E-state index contributed by atoms with van der Waals surface area (Å²) in [6, 6.07) is 13.7. The van der Waals surface area contributed by atoms with E-state index >= 15 is 0 Å². The Morgan fingerprint density at radius 1 is 0.944 bits per heavy atom. The van der Waals surface area contributed by atoms with Crippen LogP contribution in [0.4, 0.5) is 17.1 Å². The quantitative estimate of drug-likeness (QED) is 0.553. The van der Waals surface area contributed by atoms with Crippen LogP contribution in [0, 0.1) is 0 Å². The van der Waals surface area contributed by atoms with Crippen LogP contribution in [0.5, 0.6) is 5.75 Å². The van der Waals surface area contributed by atoms with Crippen LogP contribution in [-0.2, 0) is 9.53 Å². The summed E-state index contributed by atoms with van der Waals surface area (Å²) in [5, 5.41) is 5.97. The minimum absolute atomic E-state index is 0.0770. The van der Waals surface area contributed by atoms with Gasteiger partial charge >= 0.3 is 0 Å². The van der Waals surface area contributed by atoms with E-state index in [-0.39, 0.29) is 11.8 Å². The lowest BCUT2D eigenvalue weighted by Crippen LogP contribution is -2.47. The Morgan fingerprint density at radius 2 is 1.64 bits per heavy atom. The van der Waals surface area contributed by atoms with E-state index in [1.807, 2.05) is 37.3 Å². The SMILES string of the molecule is CCC(=O)Nc1ccc(N2CCN(c3ccccc3OC)CC2)c(C(=O)NCCN2CCOCC2)c1. The average Bonchev–Trinajstić information content (AvgIpc) is 2.93. The van der Waals surface area contributed by atoms with Gasteiger partial charge in [0.25, 0.3) is 5.91 Å². The number of benzene rings is 2. The minimum Gasteiger partial charge on any atom is -0.495 e. The maximum atomic E-state index is 13.3. The maximum absolute atomic E-state index is 13.3. The van der Waals surface area contributed by atoms with Gasteiger partial charge in [0.15, 0.2) is 0 Å². The summed E-state index contributed by atoms with van der Waals surface area (Å²) in [7, 11) is 1.69. The van der Waals surface area contributed by atoms with Gasteiger partial charge in [-0.2, -0.15) is 0 Å². The average molecular weight is 496 g/mol. The first-order valence-corrected chi connectivity index (χ1v) is 12.7. The highest BCUT2D eigenvalue weighted by atomic mass is 16.5. The molecular weight excluding hydrogens is 458 g/mol. The number of para-hydroxylation sites is 2. The van der Waals surface area contributed by atoms with Crippen LogP contribution in [0.1, 0.15) is 23.7 Å². The zero-order valence-electron chi connectivity index (χ0n) is 21.3. The molecule has 0 spiro atoms. The van der Waals surface area contributed by atoms with Crippen LogP contribution in [0.25, 0.3) is 0 Å². The summed E-state index contributed by atoms with van der Waals surface area (Å²) in [4.78, 5) is 32.1. The van der Waals surface area contributed by atoms with Crippen molar-refractivity contribution in [2.24, 2.45) is 0 Å². The third-order valence-electron chi connectivity index (χ3n) is 6.71. The lowest BCUT2D eigenvalue weighted by Gasteiger charge is -2.38. The Bertz CT molecular complexity index is 1030. The predicted octanol–water partition coefficient (Wildman–Crippen LogP) is 2.43. The smallest absolute Gasteiger partial charge is 0.253 e. The van der Waals surface area contributed by atoms with Crippen LogP contribution in [0.2, 0.25) is 0 Å². The Balaban J connectivity index is 1.46. The minimum atomic E-state index is -0.127. The largest absolute Gasteiger partial charge is 0.495 e. The van der Waals surface area contributed by atoms with Crippen molar-refractivity contribution in [3.05, 3.63) is 48.0 Å². The monoisotopic (exact) mass is 495 g/mol. The molecule has 9 nitrogen and oxygen atoms in total. The molecule has 2 aliphatic heterocycles. The fraction of sp³-hybridized carbons (Fsp3) is 0.481. The molecule has 0 aromatic heterocycles. The van der Waals surface area contributed by atoms with Crippen molar-refractivity contribution in [3.63, 3.8) is 0 Å². The standard InChI is InChI=1S/C27H37N5O4/c1-3-26(33)29-21-8-9-23(22(20-21)27(34)28-10-11-30-16-18-36-19-17-30)31-12-14-32(15-13-31)24-6-4-5-7-25(24)35-2/h4-9,20H,3,10-19H2,1-2H3,(H,28,34)(H,29,33). The van der Waals surface area contributed by atoms with Crippen molar-refractivity contribution in [2.45, 2.75) is 13.3 Å². The number of methoxy groups -OCH3 is 1. The highest BCUT2D eigenvalue weighted by Gasteiger charge is 2.24. The number of nitrogens with zero attached hydrogens (tertiary/aromatic N) is 3. The normalized spacial score (nSPS) is 16.5. The van der Waals surface area contributed by atoms with Gasteiger partial charge in [0.05, 0.1) is 31.6 Å². The van der Waals surface area contributed by atoms with Crippen molar-refractivity contribution in [1.29, 1.82) is 0 Å². The van der Waals surface area contributed by atoms with Gasteiger partial charge in [0.2, 0.25) is 5.91 Å². The van der Waals surface area contributed by atoms with E-state index in [4.69, 9.17) is 9.47 Å². The molecule has 0 aliphatic carbocycles. The molecule has 2 aliphatic rings. The summed E-state index contributed by atoms with van der Waals surface area (Å²) in [6.07, 6.45) is 0.383. The van der Waals surface area contributed by atoms with E-state index in [9.17, 15) is 9.59 Å².